The summed E-state index contributed by atoms with van der Waals surface area (Å²) in [4.78, 5) is 10.8. The van der Waals surface area contributed by atoms with Gasteiger partial charge in [0, 0.05) is 18.5 Å². The average molecular weight is 198 g/mol. The fourth-order valence-corrected chi connectivity index (χ4v) is 1.15. The molecular formula is C9H14N2O3. The van der Waals surface area contributed by atoms with Gasteiger partial charge in [-0.05, 0) is 19.9 Å². The highest BCUT2D eigenvalue weighted by atomic mass is 16.5. The number of hydrogen-bond acceptors (Lipinski definition) is 3. The van der Waals surface area contributed by atoms with Crippen LogP contribution in [0.3, 0.4) is 0 Å². The molecule has 5 heteroatoms. The average Bonchev–Trinajstić information content (AvgIpc) is 2.51. The Hall–Kier alpha value is -1.36. The fourth-order valence-electron chi connectivity index (χ4n) is 1.15. The van der Waals surface area contributed by atoms with E-state index in [0.29, 0.717) is 6.61 Å². The van der Waals surface area contributed by atoms with Gasteiger partial charge < -0.3 is 9.84 Å². The van der Waals surface area contributed by atoms with E-state index in [0.717, 1.165) is 5.69 Å². The molecule has 0 aliphatic carbocycles. The third-order valence-corrected chi connectivity index (χ3v) is 1.91. The Morgan fingerprint density at radius 3 is 2.93 bits per heavy atom. The van der Waals surface area contributed by atoms with Gasteiger partial charge in [-0.2, -0.15) is 5.10 Å². The number of hydrogen-bond donors (Lipinski definition) is 1. The highest BCUT2D eigenvalue weighted by molar-refractivity contribution is 5.72. The lowest BCUT2D eigenvalue weighted by molar-refractivity contribution is -0.151. The number of rotatable bonds is 5. The smallest absolute Gasteiger partial charge is 0.334 e. The number of aryl methyl sites for hydroxylation is 1. The molecular weight excluding hydrogens is 184 g/mol. The molecule has 1 aromatic rings. The van der Waals surface area contributed by atoms with Gasteiger partial charge in [0.05, 0.1) is 6.54 Å². The van der Waals surface area contributed by atoms with Crippen molar-refractivity contribution in [2.75, 3.05) is 6.61 Å². The zero-order valence-electron chi connectivity index (χ0n) is 8.30. The van der Waals surface area contributed by atoms with Gasteiger partial charge in [0.2, 0.25) is 0 Å². The van der Waals surface area contributed by atoms with Crippen LogP contribution in [-0.2, 0) is 16.1 Å². The molecule has 1 aromatic heterocycles. The van der Waals surface area contributed by atoms with Gasteiger partial charge in [0.15, 0.2) is 6.10 Å². The number of nitrogens with zero attached hydrogens (tertiary/aromatic N) is 2. The van der Waals surface area contributed by atoms with Crippen molar-refractivity contribution in [1.82, 2.24) is 9.78 Å². The minimum absolute atomic E-state index is 0.252. The molecule has 1 rings (SSSR count). The molecule has 0 radical (unpaired) electrons. The maximum Gasteiger partial charge on any atom is 0.334 e. The van der Waals surface area contributed by atoms with Crippen LogP contribution in [0.4, 0.5) is 0 Å². The number of ether oxygens (including phenoxy) is 1. The topological polar surface area (TPSA) is 64.4 Å². The van der Waals surface area contributed by atoms with Crippen molar-refractivity contribution in [3.8, 4) is 0 Å². The molecule has 78 valence electrons. The second-order valence-electron chi connectivity index (χ2n) is 2.94. The molecule has 0 aromatic carbocycles. The SMILES string of the molecule is CCOC(Cn1nccc1C)C(=O)O. The minimum atomic E-state index is -0.957. The lowest BCUT2D eigenvalue weighted by Crippen LogP contribution is -2.29. The van der Waals surface area contributed by atoms with Crippen LogP contribution in [0.2, 0.25) is 0 Å². The van der Waals surface area contributed by atoms with Crippen LogP contribution in [0, 0.1) is 6.92 Å². The summed E-state index contributed by atoms with van der Waals surface area (Å²) in [5, 5.41) is 12.8. The first-order valence-corrected chi connectivity index (χ1v) is 4.48. The van der Waals surface area contributed by atoms with Gasteiger partial charge in [-0.3, -0.25) is 4.68 Å². The minimum Gasteiger partial charge on any atom is -0.479 e. The van der Waals surface area contributed by atoms with Crippen LogP contribution in [-0.4, -0.2) is 33.6 Å². The number of carbonyl (C=O) groups is 1. The van der Waals surface area contributed by atoms with E-state index in [9.17, 15) is 4.79 Å². The van der Waals surface area contributed by atoms with E-state index < -0.39 is 12.1 Å². The maximum atomic E-state index is 10.8. The molecule has 0 aliphatic rings. The standard InChI is InChI=1S/C9H14N2O3/c1-3-14-8(9(12)13)6-11-7(2)4-5-10-11/h4-5,8H,3,6H2,1-2H3,(H,12,13). The van der Waals surface area contributed by atoms with Crippen LogP contribution in [0.25, 0.3) is 0 Å². The molecule has 5 nitrogen and oxygen atoms in total. The first-order chi connectivity index (χ1) is 6.65. The molecule has 0 fully saturated rings. The van der Waals surface area contributed by atoms with Crippen molar-refractivity contribution in [3.63, 3.8) is 0 Å². The van der Waals surface area contributed by atoms with Gasteiger partial charge in [0.1, 0.15) is 0 Å². The molecule has 0 saturated carbocycles. The second-order valence-corrected chi connectivity index (χ2v) is 2.94. The summed E-state index contributed by atoms with van der Waals surface area (Å²) in [7, 11) is 0. The summed E-state index contributed by atoms with van der Waals surface area (Å²) >= 11 is 0. The van der Waals surface area contributed by atoms with Crippen molar-refractivity contribution in [2.24, 2.45) is 0 Å². The van der Waals surface area contributed by atoms with Crippen LogP contribution in [0.5, 0.6) is 0 Å². The van der Waals surface area contributed by atoms with E-state index in [1.807, 2.05) is 13.0 Å². The van der Waals surface area contributed by atoms with E-state index >= 15 is 0 Å². The van der Waals surface area contributed by atoms with E-state index in [-0.39, 0.29) is 6.54 Å². The molecule has 0 amide bonds. The largest absolute Gasteiger partial charge is 0.479 e. The fraction of sp³-hybridized carbons (Fsp3) is 0.556. The first kappa shape index (κ1) is 10.7. The van der Waals surface area contributed by atoms with E-state index in [2.05, 4.69) is 5.10 Å². The summed E-state index contributed by atoms with van der Waals surface area (Å²) in [6, 6.07) is 1.82. The molecule has 1 atom stereocenters. The van der Waals surface area contributed by atoms with Crippen LogP contribution in [0.15, 0.2) is 12.3 Å². The Morgan fingerprint density at radius 1 is 1.79 bits per heavy atom. The Labute approximate surface area is 82.3 Å². The number of carboxylic acid groups (broad SMARTS) is 1. The third kappa shape index (κ3) is 2.56. The zero-order valence-corrected chi connectivity index (χ0v) is 8.30. The highest BCUT2D eigenvalue weighted by Crippen LogP contribution is 2.01. The molecule has 0 spiro atoms. The van der Waals surface area contributed by atoms with Crippen molar-refractivity contribution in [1.29, 1.82) is 0 Å². The van der Waals surface area contributed by atoms with Crippen LogP contribution in [0.1, 0.15) is 12.6 Å². The Kier molecular flexibility index (Phi) is 3.64. The van der Waals surface area contributed by atoms with Gasteiger partial charge in [-0.25, -0.2) is 4.79 Å². The molecule has 0 aliphatic heterocycles. The molecule has 0 saturated heterocycles. The summed E-state index contributed by atoms with van der Waals surface area (Å²) in [6.07, 6.45) is 0.818. The number of carboxylic acids is 1. The third-order valence-electron chi connectivity index (χ3n) is 1.91. The lowest BCUT2D eigenvalue weighted by Gasteiger charge is -2.13. The van der Waals surface area contributed by atoms with Gasteiger partial charge in [-0.15, -0.1) is 0 Å². The van der Waals surface area contributed by atoms with Crippen molar-refractivity contribution < 1.29 is 14.6 Å². The van der Waals surface area contributed by atoms with E-state index in [4.69, 9.17) is 9.84 Å². The van der Waals surface area contributed by atoms with Crippen LogP contribution < -0.4 is 0 Å². The van der Waals surface area contributed by atoms with E-state index in [1.54, 1.807) is 17.8 Å². The molecule has 1 unspecified atom stereocenters. The van der Waals surface area contributed by atoms with Gasteiger partial charge in [0.25, 0.3) is 0 Å². The summed E-state index contributed by atoms with van der Waals surface area (Å²) in [5.41, 5.74) is 0.927. The van der Waals surface area contributed by atoms with E-state index in [1.165, 1.54) is 0 Å². The predicted molar refractivity (Wildman–Crippen MR) is 50.0 cm³/mol. The Morgan fingerprint density at radius 2 is 2.50 bits per heavy atom. The highest BCUT2D eigenvalue weighted by Gasteiger charge is 2.18. The van der Waals surface area contributed by atoms with Crippen LogP contribution >= 0.6 is 0 Å². The quantitative estimate of drug-likeness (QED) is 0.755. The number of aromatic nitrogens is 2. The summed E-state index contributed by atoms with van der Waals surface area (Å²) in [5.74, 6) is -0.957. The normalized spacial score (nSPS) is 12.7. The zero-order chi connectivity index (χ0) is 10.6. The molecule has 0 bridgehead atoms. The maximum absolute atomic E-state index is 10.8. The van der Waals surface area contributed by atoms with Crippen molar-refractivity contribution in [3.05, 3.63) is 18.0 Å². The summed E-state index contributed by atoms with van der Waals surface area (Å²) < 4.78 is 6.69. The van der Waals surface area contributed by atoms with Gasteiger partial charge >= 0.3 is 5.97 Å². The lowest BCUT2D eigenvalue weighted by atomic mass is 10.3. The summed E-state index contributed by atoms with van der Waals surface area (Å²) in [6.45, 7) is 4.28. The first-order valence-electron chi connectivity index (χ1n) is 4.48. The van der Waals surface area contributed by atoms with Crippen molar-refractivity contribution >= 4 is 5.97 Å². The molecule has 1 heterocycles. The molecule has 1 N–H and O–H groups in total. The Bertz CT molecular complexity index is 309. The van der Waals surface area contributed by atoms with Crippen molar-refractivity contribution in [2.45, 2.75) is 26.5 Å². The Balaban J connectivity index is 2.64. The molecule has 14 heavy (non-hydrogen) atoms. The predicted octanol–water partition coefficient (Wildman–Crippen LogP) is 0.681. The van der Waals surface area contributed by atoms with Gasteiger partial charge in [-0.1, -0.05) is 0 Å². The number of aliphatic carboxylic acids is 1. The monoisotopic (exact) mass is 198 g/mol. The second kappa shape index (κ2) is 4.76.